The Morgan fingerprint density at radius 3 is 2.64 bits per heavy atom. The van der Waals surface area contributed by atoms with Crippen LogP contribution in [-0.4, -0.2) is 16.1 Å². The van der Waals surface area contributed by atoms with Gasteiger partial charge in [-0.2, -0.15) is 0 Å². The standard InChI is InChI=1S/C10H13NO2S/c1-6(2)10-11-7(3)8(14-10)4-5-9(12)13/h4-6H,1-3H3,(H,12,13)/b5-4+. The van der Waals surface area contributed by atoms with Crippen molar-refractivity contribution in [3.63, 3.8) is 0 Å². The van der Waals surface area contributed by atoms with Gasteiger partial charge in [0.1, 0.15) is 0 Å². The number of aromatic nitrogens is 1. The number of aliphatic carboxylic acids is 1. The maximum absolute atomic E-state index is 10.3. The van der Waals surface area contributed by atoms with Crippen LogP contribution in [0.3, 0.4) is 0 Å². The van der Waals surface area contributed by atoms with Gasteiger partial charge in [-0.05, 0) is 13.0 Å². The van der Waals surface area contributed by atoms with Gasteiger partial charge in [0, 0.05) is 12.0 Å². The first-order valence-electron chi connectivity index (χ1n) is 4.39. The van der Waals surface area contributed by atoms with E-state index in [1.165, 1.54) is 0 Å². The van der Waals surface area contributed by atoms with Crippen molar-refractivity contribution in [3.05, 3.63) is 21.7 Å². The van der Waals surface area contributed by atoms with Crippen LogP contribution in [0.2, 0.25) is 0 Å². The van der Waals surface area contributed by atoms with Gasteiger partial charge < -0.3 is 5.11 Å². The van der Waals surface area contributed by atoms with E-state index in [0.29, 0.717) is 5.92 Å². The fourth-order valence-electron chi connectivity index (χ4n) is 0.978. The Kier molecular flexibility index (Phi) is 3.41. The van der Waals surface area contributed by atoms with E-state index >= 15 is 0 Å². The number of rotatable bonds is 3. The average molecular weight is 211 g/mol. The second kappa shape index (κ2) is 4.37. The van der Waals surface area contributed by atoms with Gasteiger partial charge in [-0.15, -0.1) is 11.3 Å². The highest BCUT2D eigenvalue weighted by Gasteiger charge is 2.08. The minimum absolute atomic E-state index is 0.394. The van der Waals surface area contributed by atoms with Gasteiger partial charge in [0.2, 0.25) is 0 Å². The molecule has 0 spiro atoms. The van der Waals surface area contributed by atoms with Crippen LogP contribution < -0.4 is 0 Å². The SMILES string of the molecule is Cc1nc(C(C)C)sc1/C=C/C(=O)O. The van der Waals surface area contributed by atoms with Crippen LogP contribution in [0.5, 0.6) is 0 Å². The van der Waals surface area contributed by atoms with Gasteiger partial charge in [-0.3, -0.25) is 0 Å². The van der Waals surface area contributed by atoms with Crippen molar-refractivity contribution >= 4 is 23.4 Å². The lowest BCUT2D eigenvalue weighted by atomic mass is 10.2. The van der Waals surface area contributed by atoms with Gasteiger partial charge in [0.15, 0.2) is 0 Å². The van der Waals surface area contributed by atoms with Crippen LogP contribution >= 0.6 is 11.3 Å². The van der Waals surface area contributed by atoms with E-state index in [1.807, 2.05) is 6.92 Å². The number of hydrogen-bond donors (Lipinski definition) is 1. The van der Waals surface area contributed by atoms with Gasteiger partial charge in [0.25, 0.3) is 0 Å². The second-order valence-electron chi connectivity index (χ2n) is 3.33. The molecule has 1 N–H and O–H groups in total. The molecule has 0 saturated carbocycles. The lowest BCUT2D eigenvalue weighted by molar-refractivity contribution is -0.131. The molecule has 1 aromatic heterocycles. The highest BCUT2D eigenvalue weighted by molar-refractivity contribution is 7.12. The highest BCUT2D eigenvalue weighted by Crippen LogP contribution is 2.25. The number of hydrogen-bond acceptors (Lipinski definition) is 3. The predicted octanol–water partition coefficient (Wildman–Crippen LogP) is 2.67. The minimum Gasteiger partial charge on any atom is -0.478 e. The number of carbonyl (C=O) groups is 1. The maximum atomic E-state index is 10.3. The minimum atomic E-state index is -0.927. The van der Waals surface area contributed by atoms with Gasteiger partial charge in [-0.1, -0.05) is 13.8 Å². The molecule has 1 aromatic rings. The normalized spacial score (nSPS) is 11.4. The fourth-order valence-corrected chi connectivity index (χ4v) is 1.95. The molecule has 0 fully saturated rings. The van der Waals surface area contributed by atoms with E-state index in [0.717, 1.165) is 21.7 Å². The molecule has 0 aromatic carbocycles. The molecule has 0 amide bonds. The van der Waals surface area contributed by atoms with E-state index in [2.05, 4.69) is 18.8 Å². The van der Waals surface area contributed by atoms with Crippen molar-refractivity contribution < 1.29 is 9.90 Å². The van der Waals surface area contributed by atoms with Crippen molar-refractivity contribution in [1.29, 1.82) is 0 Å². The van der Waals surface area contributed by atoms with Crippen LogP contribution in [0.25, 0.3) is 6.08 Å². The summed E-state index contributed by atoms with van der Waals surface area (Å²) in [5.41, 5.74) is 0.899. The van der Waals surface area contributed by atoms with E-state index in [9.17, 15) is 4.79 Å². The van der Waals surface area contributed by atoms with Crippen molar-refractivity contribution in [1.82, 2.24) is 4.98 Å². The first kappa shape index (κ1) is 10.9. The number of thiazole rings is 1. The zero-order chi connectivity index (χ0) is 10.7. The molecule has 3 nitrogen and oxygen atoms in total. The Hall–Kier alpha value is -1.16. The number of aryl methyl sites for hydroxylation is 1. The lowest BCUT2D eigenvalue weighted by Crippen LogP contribution is -1.85. The third-order valence-electron chi connectivity index (χ3n) is 1.72. The summed E-state index contributed by atoms with van der Waals surface area (Å²) in [4.78, 5) is 15.6. The molecule has 1 rings (SSSR count). The zero-order valence-corrected chi connectivity index (χ0v) is 9.26. The first-order valence-corrected chi connectivity index (χ1v) is 5.20. The molecule has 4 heteroatoms. The van der Waals surface area contributed by atoms with E-state index in [1.54, 1.807) is 17.4 Å². The maximum Gasteiger partial charge on any atom is 0.328 e. The number of carboxylic acids is 1. The lowest BCUT2D eigenvalue weighted by Gasteiger charge is -1.94. The van der Waals surface area contributed by atoms with Crippen LogP contribution in [0.1, 0.15) is 35.3 Å². The Labute approximate surface area is 87.1 Å². The van der Waals surface area contributed by atoms with Crippen LogP contribution in [0.15, 0.2) is 6.08 Å². The summed E-state index contributed by atoms with van der Waals surface area (Å²) >= 11 is 1.55. The van der Waals surface area contributed by atoms with Crippen LogP contribution in [0, 0.1) is 6.92 Å². The van der Waals surface area contributed by atoms with E-state index in [-0.39, 0.29) is 0 Å². The Morgan fingerprint density at radius 2 is 2.21 bits per heavy atom. The molecule has 0 radical (unpaired) electrons. The first-order chi connectivity index (χ1) is 6.50. The van der Waals surface area contributed by atoms with Gasteiger partial charge in [0.05, 0.1) is 15.6 Å². The smallest absolute Gasteiger partial charge is 0.328 e. The average Bonchev–Trinajstić information content (AvgIpc) is 2.43. The third-order valence-corrected chi connectivity index (χ3v) is 3.14. The summed E-state index contributed by atoms with van der Waals surface area (Å²) in [6, 6.07) is 0. The Bertz CT molecular complexity index is 366. The van der Waals surface area contributed by atoms with Crippen molar-refractivity contribution in [2.75, 3.05) is 0 Å². The van der Waals surface area contributed by atoms with Crippen LogP contribution in [-0.2, 0) is 4.79 Å². The molecule has 0 aliphatic rings. The van der Waals surface area contributed by atoms with Gasteiger partial charge in [-0.25, -0.2) is 9.78 Å². The number of nitrogens with zero attached hydrogens (tertiary/aromatic N) is 1. The van der Waals surface area contributed by atoms with E-state index < -0.39 is 5.97 Å². The highest BCUT2D eigenvalue weighted by atomic mass is 32.1. The molecular formula is C10H13NO2S. The molecule has 0 atom stereocenters. The summed E-state index contributed by atoms with van der Waals surface area (Å²) in [6.07, 6.45) is 2.74. The molecule has 0 aliphatic heterocycles. The Morgan fingerprint density at radius 1 is 1.57 bits per heavy atom. The molecule has 1 heterocycles. The number of carboxylic acid groups (broad SMARTS) is 1. The fraction of sp³-hybridized carbons (Fsp3) is 0.400. The third kappa shape index (κ3) is 2.67. The molecule has 0 unspecified atom stereocenters. The summed E-state index contributed by atoms with van der Waals surface area (Å²) in [6.45, 7) is 6.04. The molecule has 0 bridgehead atoms. The van der Waals surface area contributed by atoms with Crippen molar-refractivity contribution in [3.8, 4) is 0 Å². The van der Waals surface area contributed by atoms with Crippen molar-refractivity contribution in [2.24, 2.45) is 0 Å². The monoisotopic (exact) mass is 211 g/mol. The van der Waals surface area contributed by atoms with Gasteiger partial charge >= 0.3 is 5.97 Å². The largest absolute Gasteiger partial charge is 0.478 e. The van der Waals surface area contributed by atoms with Crippen molar-refractivity contribution in [2.45, 2.75) is 26.7 Å². The summed E-state index contributed by atoms with van der Waals surface area (Å²) in [7, 11) is 0. The second-order valence-corrected chi connectivity index (χ2v) is 4.39. The summed E-state index contributed by atoms with van der Waals surface area (Å²) in [5, 5.41) is 9.53. The van der Waals surface area contributed by atoms with Crippen LogP contribution in [0.4, 0.5) is 0 Å². The predicted molar refractivity (Wildman–Crippen MR) is 57.6 cm³/mol. The zero-order valence-electron chi connectivity index (χ0n) is 8.44. The molecule has 76 valence electrons. The summed E-state index contributed by atoms with van der Waals surface area (Å²) < 4.78 is 0. The molecule has 0 saturated heterocycles. The molecular weight excluding hydrogens is 198 g/mol. The topological polar surface area (TPSA) is 50.2 Å². The Balaban J connectivity index is 2.93. The summed E-state index contributed by atoms with van der Waals surface area (Å²) in [5.74, 6) is -0.533. The van der Waals surface area contributed by atoms with E-state index in [4.69, 9.17) is 5.11 Å². The quantitative estimate of drug-likeness (QED) is 0.782. The molecule has 14 heavy (non-hydrogen) atoms. The molecule has 0 aliphatic carbocycles.